The molecule has 9 heteroatoms. The molecule has 0 fully saturated rings. The molecule has 1 aromatic heterocycles. The minimum Gasteiger partial charge on any atom is -0.507 e. The number of hydrogen-bond acceptors (Lipinski definition) is 8. The summed E-state index contributed by atoms with van der Waals surface area (Å²) in [5.74, 6) is 0.556. The molecular weight excluding hydrogens is 466 g/mol. The summed E-state index contributed by atoms with van der Waals surface area (Å²) in [7, 11) is 6.00. The maximum atomic E-state index is 13.0. The maximum Gasteiger partial charge on any atom is 0.343 e. The molecule has 0 aliphatic carbocycles. The van der Waals surface area contributed by atoms with E-state index in [0.29, 0.717) is 30.0 Å². The highest BCUT2D eigenvalue weighted by Gasteiger charge is 2.30. The molecule has 1 heterocycles. The summed E-state index contributed by atoms with van der Waals surface area (Å²) < 4.78 is 26.8. The summed E-state index contributed by atoms with van der Waals surface area (Å²) >= 11 is 0. The van der Waals surface area contributed by atoms with Gasteiger partial charge in [0.1, 0.15) is 17.3 Å². The summed E-state index contributed by atoms with van der Waals surface area (Å²) in [6.45, 7) is 1.94. The van der Waals surface area contributed by atoms with Crippen molar-refractivity contribution in [1.29, 1.82) is 0 Å². The third-order valence-corrected chi connectivity index (χ3v) is 5.83. The Bertz CT molecular complexity index is 1250. The topological polar surface area (TPSA) is 116 Å². The predicted octanol–water partition coefficient (Wildman–Crippen LogP) is 3.57. The lowest BCUT2D eigenvalue weighted by molar-refractivity contribution is -0.121. The molecule has 0 spiro atoms. The molecule has 1 amide bonds. The zero-order valence-electron chi connectivity index (χ0n) is 21.0. The van der Waals surface area contributed by atoms with Gasteiger partial charge in [-0.3, -0.25) is 4.79 Å². The zero-order valence-corrected chi connectivity index (χ0v) is 21.0. The third-order valence-electron chi connectivity index (χ3n) is 5.83. The molecule has 2 aromatic carbocycles. The molecule has 1 atom stereocenters. The van der Waals surface area contributed by atoms with Crippen molar-refractivity contribution in [2.24, 2.45) is 0 Å². The Kier molecular flexibility index (Phi) is 8.83. The van der Waals surface area contributed by atoms with Gasteiger partial charge in [0.2, 0.25) is 11.7 Å². The Balaban J connectivity index is 1.92. The van der Waals surface area contributed by atoms with Crippen LogP contribution < -0.4 is 29.9 Å². The summed E-state index contributed by atoms with van der Waals surface area (Å²) in [4.78, 5) is 25.8. The average molecular weight is 498 g/mol. The van der Waals surface area contributed by atoms with Crippen molar-refractivity contribution >= 4 is 5.91 Å². The Hall–Kier alpha value is -4.14. The number of benzene rings is 2. The molecule has 0 unspecified atom stereocenters. The second-order valence-electron chi connectivity index (χ2n) is 8.07. The number of hydrogen-bond donors (Lipinski definition) is 2. The molecule has 0 aliphatic rings. The van der Waals surface area contributed by atoms with Crippen LogP contribution in [0.15, 0.2) is 51.7 Å². The smallest absolute Gasteiger partial charge is 0.343 e. The van der Waals surface area contributed by atoms with Crippen molar-refractivity contribution < 1.29 is 33.3 Å². The highest BCUT2D eigenvalue weighted by Crippen LogP contribution is 2.45. The van der Waals surface area contributed by atoms with Crippen molar-refractivity contribution in [2.45, 2.75) is 25.7 Å². The summed E-state index contributed by atoms with van der Waals surface area (Å²) in [5, 5.41) is 13.6. The van der Waals surface area contributed by atoms with Crippen LogP contribution >= 0.6 is 0 Å². The average Bonchev–Trinajstić information content (AvgIpc) is 2.86. The molecule has 3 aromatic rings. The van der Waals surface area contributed by atoms with Crippen LogP contribution in [0.5, 0.6) is 28.7 Å². The van der Waals surface area contributed by atoms with E-state index in [-0.39, 0.29) is 35.2 Å². The van der Waals surface area contributed by atoms with Crippen LogP contribution in [0.4, 0.5) is 0 Å². The molecule has 192 valence electrons. The molecule has 3 rings (SSSR count). The van der Waals surface area contributed by atoms with E-state index in [2.05, 4.69) is 5.32 Å². The number of ether oxygens (including phenoxy) is 4. The lowest BCUT2D eigenvalue weighted by atomic mass is 9.87. The molecule has 0 bridgehead atoms. The van der Waals surface area contributed by atoms with Gasteiger partial charge in [0, 0.05) is 30.5 Å². The highest BCUT2D eigenvalue weighted by atomic mass is 16.5. The third kappa shape index (κ3) is 5.91. The van der Waals surface area contributed by atoms with Crippen molar-refractivity contribution in [3.8, 4) is 28.7 Å². The second-order valence-corrected chi connectivity index (χ2v) is 8.07. The van der Waals surface area contributed by atoms with E-state index in [1.54, 1.807) is 26.2 Å². The van der Waals surface area contributed by atoms with E-state index in [1.807, 2.05) is 24.3 Å². The number of rotatable bonds is 11. The number of carbonyl (C=O) groups is 1. The van der Waals surface area contributed by atoms with Crippen LogP contribution in [0.1, 0.15) is 34.8 Å². The first-order valence-electron chi connectivity index (χ1n) is 11.3. The molecule has 0 aliphatic heterocycles. The van der Waals surface area contributed by atoms with Crippen molar-refractivity contribution in [1.82, 2.24) is 5.32 Å². The largest absolute Gasteiger partial charge is 0.507 e. The zero-order chi connectivity index (χ0) is 26.2. The summed E-state index contributed by atoms with van der Waals surface area (Å²) in [5.41, 5.74) is 0.717. The lowest BCUT2D eigenvalue weighted by Crippen LogP contribution is -2.29. The van der Waals surface area contributed by atoms with E-state index >= 15 is 0 Å². The van der Waals surface area contributed by atoms with Gasteiger partial charge in [-0.1, -0.05) is 18.2 Å². The van der Waals surface area contributed by atoms with E-state index < -0.39 is 11.5 Å². The van der Waals surface area contributed by atoms with Crippen LogP contribution in [-0.4, -0.2) is 46.0 Å². The quantitative estimate of drug-likeness (QED) is 0.413. The van der Waals surface area contributed by atoms with Crippen molar-refractivity contribution in [3.05, 3.63) is 75.3 Å². The summed E-state index contributed by atoms with van der Waals surface area (Å²) in [6, 6.07) is 12.2. The number of nitrogens with one attached hydrogen (secondary N) is 1. The van der Waals surface area contributed by atoms with E-state index in [0.717, 1.165) is 11.3 Å². The minimum atomic E-state index is -0.877. The molecule has 0 saturated carbocycles. The molecule has 9 nitrogen and oxygen atoms in total. The predicted molar refractivity (Wildman–Crippen MR) is 134 cm³/mol. The van der Waals surface area contributed by atoms with Crippen LogP contribution in [0.3, 0.4) is 0 Å². The van der Waals surface area contributed by atoms with E-state index in [1.165, 1.54) is 27.4 Å². The first kappa shape index (κ1) is 26.5. The van der Waals surface area contributed by atoms with Gasteiger partial charge < -0.3 is 33.8 Å². The number of aromatic hydroxyl groups is 1. The Morgan fingerprint density at radius 3 is 2.25 bits per heavy atom. The molecule has 36 heavy (non-hydrogen) atoms. The van der Waals surface area contributed by atoms with E-state index in [9.17, 15) is 14.7 Å². The van der Waals surface area contributed by atoms with Gasteiger partial charge in [-0.05, 0) is 37.1 Å². The number of amides is 1. The lowest BCUT2D eigenvalue weighted by Gasteiger charge is -2.22. The maximum absolute atomic E-state index is 13.0. The Morgan fingerprint density at radius 2 is 1.67 bits per heavy atom. The van der Waals surface area contributed by atoms with Gasteiger partial charge in [0.15, 0.2) is 11.5 Å². The molecular formula is C27H31NO8. The number of aryl methyl sites for hydroxylation is 1. The first-order chi connectivity index (χ1) is 17.3. The van der Waals surface area contributed by atoms with Crippen LogP contribution in [-0.2, 0) is 11.2 Å². The highest BCUT2D eigenvalue weighted by molar-refractivity contribution is 5.78. The van der Waals surface area contributed by atoms with Gasteiger partial charge in [0.05, 0.1) is 34.0 Å². The monoisotopic (exact) mass is 497 g/mol. The standard InChI is InChI=1S/C27H31NO8/c1-16-14-21(29)24(27(31)36-16)20(19-10-11-22(33-3)26(35-5)25(19)34-4)15-23(30)28-13-12-17-6-8-18(32-2)9-7-17/h6-11,14,20,29H,12-13,15H2,1-5H3,(H,28,30)/t20-/m0/s1. The first-order valence-corrected chi connectivity index (χ1v) is 11.3. The van der Waals surface area contributed by atoms with Crippen LogP contribution in [0.25, 0.3) is 0 Å². The molecule has 0 saturated heterocycles. The fourth-order valence-electron chi connectivity index (χ4n) is 4.09. The fourth-order valence-corrected chi connectivity index (χ4v) is 4.09. The second kappa shape index (κ2) is 12.0. The SMILES string of the molecule is COc1ccc(CCNC(=O)C[C@@H](c2ccc(OC)c(OC)c2OC)c2c(O)cc(C)oc2=O)cc1. The summed E-state index contributed by atoms with van der Waals surface area (Å²) in [6.07, 6.45) is 0.466. The Labute approximate surface area is 209 Å². The fraction of sp³-hybridized carbons (Fsp3) is 0.333. The van der Waals surface area contributed by atoms with Gasteiger partial charge in [-0.15, -0.1) is 0 Å². The normalized spacial score (nSPS) is 11.5. The number of carbonyl (C=O) groups excluding carboxylic acids is 1. The minimum absolute atomic E-state index is 0.0450. The van der Waals surface area contributed by atoms with Crippen LogP contribution in [0, 0.1) is 6.92 Å². The Morgan fingerprint density at radius 1 is 0.972 bits per heavy atom. The van der Waals surface area contributed by atoms with Crippen molar-refractivity contribution in [2.75, 3.05) is 35.0 Å². The molecule has 0 radical (unpaired) electrons. The van der Waals surface area contributed by atoms with Gasteiger partial charge in [-0.25, -0.2) is 4.79 Å². The van der Waals surface area contributed by atoms with Crippen molar-refractivity contribution in [3.63, 3.8) is 0 Å². The van der Waals surface area contributed by atoms with E-state index in [4.69, 9.17) is 23.4 Å². The van der Waals surface area contributed by atoms with Crippen LogP contribution in [0.2, 0.25) is 0 Å². The number of methoxy groups -OCH3 is 4. The molecule has 2 N–H and O–H groups in total. The van der Waals surface area contributed by atoms with Gasteiger partial charge in [0.25, 0.3) is 0 Å². The van der Waals surface area contributed by atoms with Gasteiger partial charge >= 0.3 is 5.63 Å². The van der Waals surface area contributed by atoms with Gasteiger partial charge in [-0.2, -0.15) is 0 Å².